The number of carbonyl (C=O) groups excluding carboxylic acids is 1. The summed E-state index contributed by atoms with van der Waals surface area (Å²) in [5.74, 6) is -0.225. The summed E-state index contributed by atoms with van der Waals surface area (Å²) in [6.07, 6.45) is 2.41. The fraction of sp³-hybridized carbons (Fsp3) is 0.538. The molecule has 4 rings (SSSR count). The Bertz CT molecular complexity index is 1130. The van der Waals surface area contributed by atoms with Gasteiger partial charge in [-0.05, 0) is 68.6 Å². The van der Waals surface area contributed by atoms with E-state index < -0.39 is 35.3 Å². The van der Waals surface area contributed by atoms with Crippen molar-refractivity contribution in [2.24, 2.45) is 17.3 Å². The average Bonchev–Trinajstić information content (AvgIpc) is 2.85. The van der Waals surface area contributed by atoms with Gasteiger partial charge in [0.25, 0.3) is 0 Å². The van der Waals surface area contributed by atoms with E-state index >= 15 is 0 Å². The number of benzene rings is 1. The second-order valence-electron chi connectivity index (χ2n) is 10.2. The molecule has 5 unspecified atom stereocenters. The standard InChI is InChI=1S/C26H31F3N4O4/c1-2-25(12-22(34)35)9-8-15-10-16(6-7-19(15)23(25)36)20-13-31-21(14-30-20)33-24(37)32-18-5-3-4-17(11-18)26(27,28)29/h3-5,11,13-16,19,23,36H,2,6-10,12H2,1H3,(H,34,35)(H2,31,32,33,37). The van der Waals surface area contributed by atoms with Gasteiger partial charge in [0, 0.05) is 17.0 Å². The summed E-state index contributed by atoms with van der Waals surface area (Å²) in [5, 5.41) is 25.3. The summed E-state index contributed by atoms with van der Waals surface area (Å²) in [7, 11) is 0. The molecule has 0 aliphatic heterocycles. The molecule has 1 aromatic carbocycles. The van der Waals surface area contributed by atoms with Crippen LogP contribution in [0.4, 0.5) is 29.5 Å². The number of carbonyl (C=O) groups is 2. The Balaban J connectivity index is 1.34. The number of aliphatic hydroxyl groups excluding tert-OH is 1. The van der Waals surface area contributed by atoms with Gasteiger partial charge in [-0.25, -0.2) is 9.78 Å². The number of rotatable bonds is 6. The normalized spacial score (nSPS) is 27.7. The van der Waals surface area contributed by atoms with Crippen molar-refractivity contribution in [1.82, 2.24) is 9.97 Å². The highest BCUT2D eigenvalue weighted by Crippen LogP contribution is 2.53. The summed E-state index contributed by atoms with van der Waals surface area (Å²) in [6, 6.07) is 3.60. The van der Waals surface area contributed by atoms with Gasteiger partial charge in [0.05, 0.1) is 36.2 Å². The molecule has 2 saturated carbocycles. The van der Waals surface area contributed by atoms with Crippen LogP contribution in [0.1, 0.15) is 69.0 Å². The summed E-state index contributed by atoms with van der Waals surface area (Å²) in [4.78, 5) is 32.3. The Kier molecular flexibility index (Phi) is 7.72. The molecular weight excluding hydrogens is 489 g/mol. The molecule has 2 amide bonds. The van der Waals surface area contributed by atoms with Crippen molar-refractivity contribution in [2.75, 3.05) is 10.6 Å². The van der Waals surface area contributed by atoms with E-state index in [4.69, 9.17) is 0 Å². The lowest BCUT2D eigenvalue weighted by Crippen LogP contribution is -2.49. The second kappa shape index (κ2) is 10.6. The zero-order valence-electron chi connectivity index (χ0n) is 20.5. The number of aliphatic carboxylic acids is 1. The smallest absolute Gasteiger partial charge is 0.416 e. The Morgan fingerprint density at radius 1 is 1.14 bits per heavy atom. The van der Waals surface area contributed by atoms with Gasteiger partial charge in [-0.1, -0.05) is 13.0 Å². The lowest BCUT2D eigenvalue weighted by molar-refractivity contribution is -0.150. The Morgan fingerprint density at radius 2 is 1.92 bits per heavy atom. The fourth-order valence-electron chi connectivity index (χ4n) is 6.05. The highest BCUT2D eigenvalue weighted by molar-refractivity contribution is 5.99. The van der Waals surface area contributed by atoms with Crippen LogP contribution < -0.4 is 10.6 Å². The van der Waals surface area contributed by atoms with Gasteiger partial charge in [0.15, 0.2) is 5.82 Å². The Morgan fingerprint density at radius 3 is 2.57 bits per heavy atom. The van der Waals surface area contributed by atoms with Gasteiger partial charge in [-0.2, -0.15) is 13.2 Å². The first-order valence-electron chi connectivity index (χ1n) is 12.5. The van der Waals surface area contributed by atoms with Crippen molar-refractivity contribution in [1.29, 1.82) is 0 Å². The van der Waals surface area contributed by atoms with Gasteiger partial charge in [-0.15, -0.1) is 0 Å². The fourth-order valence-corrected chi connectivity index (χ4v) is 6.05. The molecule has 8 nitrogen and oxygen atoms in total. The molecule has 0 radical (unpaired) electrons. The number of fused-ring (bicyclic) bond motifs is 1. The van der Waals surface area contributed by atoms with Crippen LogP contribution in [0.2, 0.25) is 0 Å². The molecule has 2 aliphatic carbocycles. The molecule has 5 atom stereocenters. The predicted molar refractivity (Wildman–Crippen MR) is 130 cm³/mol. The first kappa shape index (κ1) is 26.8. The molecule has 11 heteroatoms. The van der Waals surface area contributed by atoms with Crippen LogP contribution in [0.15, 0.2) is 36.7 Å². The number of alkyl halides is 3. The lowest BCUT2D eigenvalue weighted by Gasteiger charge is -2.51. The average molecular weight is 521 g/mol. The first-order chi connectivity index (χ1) is 17.5. The Hall–Kier alpha value is -3.21. The molecule has 1 aromatic heterocycles. The minimum absolute atomic E-state index is 0.00113. The topological polar surface area (TPSA) is 124 Å². The molecule has 1 heterocycles. The van der Waals surface area contributed by atoms with Gasteiger partial charge in [0.1, 0.15) is 0 Å². The SMILES string of the molecule is CCC1(CC(=O)O)CCC2CC(c3cnc(NC(=O)Nc4cccc(C(F)(F)F)c4)cn3)CCC2C1O. The summed E-state index contributed by atoms with van der Waals surface area (Å²) < 4.78 is 38.6. The minimum Gasteiger partial charge on any atom is -0.481 e. The number of halogens is 3. The van der Waals surface area contributed by atoms with E-state index in [-0.39, 0.29) is 35.7 Å². The minimum atomic E-state index is -4.51. The van der Waals surface area contributed by atoms with Crippen molar-refractivity contribution in [2.45, 2.75) is 70.1 Å². The number of anilines is 2. The zero-order chi connectivity index (χ0) is 26.8. The molecular formula is C26H31F3N4O4. The third-order valence-electron chi connectivity index (χ3n) is 8.07. The van der Waals surface area contributed by atoms with Crippen molar-refractivity contribution in [3.63, 3.8) is 0 Å². The lowest BCUT2D eigenvalue weighted by atomic mass is 9.56. The number of aliphatic hydroxyl groups is 1. The molecule has 200 valence electrons. The monoisotopic (exact) mass is 520 g/mol. The van der Waals surface area contributed by atoms with Gasteiger partial charge in [0.2, 0.25) is 0 Å². The predicted octanol–water partition coefficient (Wildman–Crippen LogP) is 5.67. The van der Waals surface area contributed by atoms with E-state index in [9.17, 15) is 33.0 Å². The second-order valence-corrected chi connectivity index (χ2v) is 10.2. The van der Waals surface area contributed by atoms with Gasteiger partial charge in [-0.3, -0.25) is 15.1 Å². The van der Waals surface area contributed by atoms with Crippen molar-refractivity contribution < 1.29 is 33.0 Å². The number of nitrogens with zero attached hydrogens (tertiary/aromatic N) is 2. The van der Waals surface area contributed by atoms with Crippen molar-refractivity contribution in [3.8, 4) is 0 Å². The number of carboxylic acids is 1. The van der Waals surface area contributed by atoms with E-state index in [0.717, 1.165) is 43.5 Å². The summed E-state index contributed by atoms with van der Waals surface area (Å²) >= 11 is 0. The molecule has 0 spiro atoms. The van der Waals surface area contributed by atoms with Gasteiger partial charge < -0.3 is 15.5 Å². The first-order valence-corrected chi connectivity index (χ1v) is 12.5. The van der Waals surface area contributed by atoms with E-state index in [0.29, 0.717) is 12.8 Å². The molecule has 2 aliphatic rings. The van der Waals surface area contributed by atoms with E-state index in [1.165, 1.54) is 18.3 Å². The number of aromatic nitrogens is 2. The maximum atomic E-state index is 12.9. The van der Waals surface area contributed by atoms with Crippen LogP contribution >= 0.6 is 0 Å². The molecule has 37 heavy (non-hydrogen) atoms. The summed E-state index contributed by atoms with van der Waals surface area (Å²) in [5.41, 5.74) is -0.660. The zero-order valence-corrected chi connectivity index (χ0v) is 20.5. The number of hydrogen-bond acceptors (Lipinski definition) is 5. The molecule has 2 aromatic rings. The molecule has 4 N–H and O–H groups in total. The van der Waals surface area contributed by atoms with Crippen LogP contribution in [-0.2, 0) is 11.0 Å². The highest BCUT2D eigenvalue weighted by Gasteiger charge is 2.50. The largest absolute Gasteiger partial charge is 0.481 e. The van der Waals surface area contributed by atoms with Gasteiger partial charge >= 0.3 is 18.2 Å². The summed E-state index contributed by atoms with van der Waals surface area (Å²) in [6.45, 7) is 1.95. The van der Waals surface area contributed by atoms with E-state index in [1.807, 2.05) is 6.92 Å². The van der Waals surface area contributed by atoms with Crippen LogP contribution in [0.5, 0.6) is 0 Å². The van der Waals surface area contributed by atoms with Crippen molar-refractivity contribution in [3.05, 3.63) is 47.9 Å². The molecule has 0 bridgehead atoms. The number of urea groups is 1. The van der Waals surface area contributed by atoms with E-state index in [1.54, 1.807) is 6.20 Å². The van der Waals surface area contributed by atoms with Crippen LogP contribution in [0.3, 0.4) is 0 Å². The quantitative estimate of drug-likeness (QED) is 0.389. The molecule has 2 fully saturated rings. The third-order valence-corrected chi connectivity index (χ3v) is 8.07. The van der Waals surface area contributed by atoms with E-state index in [2.05, 4.69) is 20.6 Å². The maximum absolute atomic E-state index is 12.9. The van der Waals surface area contributed by atoms with Crippen LogP contribution in [-0.4, -0.2) is 38.3 Å². The number of nitrogens with one attached hydrogen (secondary N) is 2. The third kappa shape index (κ3) is 6.03. The van der Waals surface area contributed by atoms with Crippen LogP contribution in [0.25, 0.3) is 0 Å². The number of carboxylic acid groups (broad SMARTS) is 1. The Labute approximate surface area is 212 Å². The van der Waals surface area contributed by atoms with Crippen LogP contribution in [0, 0.1) is 17.3 Å². The molecule has 0 saturated heterocycles. The number of hydrogen-bond donors (Lipinski definition) is 4. The maximum Gasteiger partial charge on any atom is 0.416 e. The van der Waals surface area contributed by atoms with Crippen molar-refractivity contribution >= 4 is 23.5 Å². The number of amides is 2. The highest BCUT2D eigenvalue weighted by atomic mass is 19.4.